The Morgan fingerprint density at radius 2 is 2.10 bits per heavy atom. The van der Waals surface area contributed by atoms with E-state index in [4.69, 9.17) is 5.73 Å². The maximum absolute atomic E-state index is 12.3. The summed E-state index contributed by atoms with van der Waals surface area (Å²) in [6.07, 6.45) is 2.46. The van der Waals surface area contributed by atoms with E-state index >= 15 is 0 Å². The first kappa shape index (κ1) is 15.3. The molecule has 0 atom stereocenters. The molecule has 2 rings (SSSR count). The fourth-order valence-electron chi connectivity index (χ4n) is 2.35. The van der Waals surface area contributed by atoms with Crippen molar-refractivity contribution in [1.29, 1.82) is 0 Å². The van der Waals surface area contributed by atoms with Gasteiger partial charge in [-0.1, -0.05) is 13.0 Å². The Labute approximate surface area is 121 Å². The number of hydrogen-bond acceptors (Lipinski definition) is 4. The Morgan fingerprint density at radius 3 is 2.70 bits per heavy atom. The summed E-state index contributed by atoms with van der Waals surface area (Å²) in [6.45, 7) is 6.03. The fourth-order valence-corrected chi connectivity index (χ4v) is 3.64. The van der Waals surface area contributed by atoms with E-state index in [2.05, 4.69) is 16.5 Å². The average Bonchev–Trinajstić information content (AvgIpc) is 3.22. The van der Waals surface area contributed by atoms with Gasteiger partial charge in [0.15, 0.2) is 0 Å². The van der Waals surface area contributed by atoms with Crippen molar-refractivity contribution >= 4 is 15.7 Å². The lowest BCUT2D eigenvalue weighted by atomic mass is 10.2. The molecule has 1 saturated carbocycles. The van der Waals surface area contributed by atoms with Gasteiger partial charge in [-0.2, -0.15) is 0 Å². The van der Waals surface area contributed by atoms with E-state index in [-0.39, 0.29) is 4.90 Å². The van der Waals surface area contributed by atoms with E-state index in [1.807, 2.05) is 0 Å². The molecule has 112 valence electrons. The van der Waals surface area contributed by atoms with Crippen LogP contribution < -0.4 is 10.5 Å². The molecule has 6 heteroatoms. The SMILES string of the molecule is CCN(CCNS(=O)(=O)c1cc(N)ccc1C)C1CC1. The van der Waals surface area contributed by atoms with Gasteiger partial charge in [0, 0.05) is 24.8 Å². The zero-order valence-electron chi connectivity index (χ0n) is 12.1. The predicted octanol–water partition coefficient (Wildman–Crippen LogP) is 1.34. The number of likely N-dealkylation sites (N-methyl/N-ethyl adjacent to an activating group) is 1. The highest BCUT2D eigenvalue weighted by Gasteiger charge is 2.27. The maximum atomic E-state index is 12.3. The predicted molar refractivity (Wildman–Crippen MR) is 81.0 cm³/mol. The van der Waals surface area contributed by atoms with Crippen LogP contribution in [0.4, 0.5) is 5.69 Å². The highest BCUT2D eigenvalue weighted by Crippen LogP contribution is 2.26. The van der Waals surface area contributed by atoms with Gasteiger partial charge in [0.2, 0.25) is 10.0 Å². The monoisotopic (exact) mass is 297 g/mol. The Kier molecular flexibility index (Phi) is 4.67. The normalized spacial score (nSPS) is 15.8. The lowest BCUT2D eigenvalue weighted by Crippen LogP contribution is -2.36. The number of aryl methyl sites for hydroxylation is 1. The molecule has 1 fully saturated rings. The molecule has 1 aromatic carbocycles. The number of benzene rings is 1. The molecule has 1 aliphatic rings. The summed E-state index contributed by atoms with van der Waals surface area (Å²) in [5.41, 5.74) is 6.84. The third-order valence-corrected chi connectivity index (χ3v) is 5.27. The third-order valence-electron chi connectivity index (χ3n) is 3.66. The highest BCUT2D eigenvalue weighted by molar-refractivity contribution is 7.89. The summed E-state index contributed by atoms with van der Waals surface area (Å²) in [6, 6.07) is 5.60. The standard InChI is InChI=1S/C14H23N3O2S/c1-3-17(13-6-7-13)9-8-16-20(18,19)14-10-12(15)5-4-11(14)2/h4-5,10,13,16H,3,6-9,15H2,1-2H3. The molecule has 3 N–H and O–H groups in total. The van der Waals surface area contributed by atoms with Crippen molar-refractivity contribution in [2.75, 3.05) is 25.4 Å². The smallest absolute Gasteiger partial charge is 0.240 e. The number of hydrogen-bond donors (Lipinski definition) is 2. The van der Waals surface area contributed by atoms with Gasteiger partial charge in [-0.15, -0.1) is 0 Å². The molecule has 5 nitrogen and oxygen atoms in total. The van der Waals surface area contributed by atoms with E-state index < -0.39 is 10.0 Å². The fraction of sp³-hybridized carbons (Fsp3) is 0.571. The van der Waals surface area contributed by atoms with Crippen LogP contribution in [0.1, 0.15) is 25.3 Å². The summed E-state index contributed by atoms with van der Waals surface area (Å²) in [4.78, 5) is 2.58. The molecule has 1 aliphatic carbocycles. The average molecular weight is 297 g/mol. The van der Waals surface area contributed by atoms with E-state index in [0.717, 1.165) is 13.1 Å². The Balaban J connectivity index is 1.98. The quantitative estimate of drug-likeness (QED) is 0.745. The lowest BCUT2D eigenvalue weighted by Gasteiger charge is -2.20. The minimum atomic E-state index is -3.48. The van der Waals surface area contributed by atoms with Gasteiger partial charge in [-0.25, -0.2) is 13.1 Å². The molecule has 0 amide bonds. The molecule has 20 heavy (non-hydrogen) atoms. The summed E-state index contributed by atoms with van der Waals surface area (Å²) in [5.74, 6) is 0. The van der Waals surface area contributed by atoms with Crippen molar-refractivity contribution < 1.29 is 8.42 Å². The molecule has 0 aliphatic heterocycles. The number of sulfonamides is 1. The second kappa shape index (κ2) is 6.11. The first-order valence-electron chi connectivity index (χ1n) is 7.04. The maximum Gasteiger partial charge on any atom is 0.240 e. The van der Waals surface area contributed by atoms with Gasteiger partial charge in [-0.3, -0.25) is 4.90 Å². The minimum Gasteiger partial charge on any atom is -0.399 e. The van der Waals surface area contributed by atoms with E-state index in [1.54, 1.807) is 19.1 Å². The van der Waals surface area contributed by atoms with Crippen molar-refractivity contribution in [2.24, 2.45) is 0 Å². The number of nitrogens with two attached hydrogens (primary N) is 1. The van der Waals surface area contributed by atoms with Crippen LogP contribution in [0.15, 0.2) is 23.1 Å². The summed E-state index contributed by atoms with van der Waals surface area (Å²) >= 11 is 0. The molecule has 1 aromatic rings. The van der Waals surface area contributed by atoms with Crippen LogP contribution in [-0.2, 0) is 10.0 Å². The van der Waals surface area contributed by atoms with Crippen LogP contribution in [0.2, 0.25) is 0 Å². The molecule has 0 aromatic heterocycles. The van der Waals surface area contributed by atoms with Crippen LogP contribution in [0.5, 0.6) is 0 Å². The van der Waals surface area contributed by atoms with Gasteiger partial charge in [0.05, 0.1) is 4.90 Å². The molecule has 0 heterocycles. The van der Waals surface area contributed by atoms with Crippen molar-refractivity contribution in [3.05, 3.63) is 23.8 Å². The summed E-state index contributed by atoms with van der Waals surface area (Å²) in [7, 11) is -3.48. The van der Waals surface area contributed by atoms with Gasteiger partial charge >= 0.3 is 0 Å². The molecule has 0 spiro atoms. The van der Waals surface area contributed by atoms with Crippen molar-refractivity contribution in [2.45, 2.75) is 37.6 Å². The van der Waals surface area contributed by atoms with Crippen molar-refractivity contribution in [1.82, 2.24) is 9.62 Å². The number of anilines is 1. The molecule has 0 bridgehead atoms. The topological polar surface area (TPSA) is 75.4 Å². The Hall–Kier alpha value is -1.11. The first-order valence-corrected chi connectivity index (χ1v) is 8.52. The van der Waals surface area contributed by atoms with E-state index in [1.165, 1.54) is 18.9 Å². The number of nitrogens with zero attached hydrogens (tertiary/aromatic N) is 1. The number of rotatable bonds is 7. The third kappa shape index (κ3) is 3.71. The summed E-state index contributed by atoms with van der Waals surface area (Å²) < 4.78 is 27.2. The van der Waals surface area contributed by atoms with E-state index in [0.29, 0.717) is 23.8 Å². The van der Waals surface area contributed by atoms with Crippen molar-refractivity contribution in [3.63, 3.8) is 0 Å². The Morgan fingerprint density at radius 1 is 1.40 bits per heavy atom. The molecular formula is C14H23N3O2S. The largest absolute Gasteiger partial charge is 0.399 e. The zero-order valence-corrected chi connectivity index (χ0v) is 12.9. The van der Waals surface area contributed by atoms with Crippen LogP contribution in [-0.4, -0.2) is 39.0 Å². The highest BCUT2D eigenvalue weighted by atomic mass is 32.2. The number of nitrogens with one attached hydrogen (secondary N) is 1. The van der Waals surface area contributed by atoms with E-state index in [9.17, 15) is 8.42 Å². The zero-order chi connectivity index (χ0) is 14.8. The van der Waals surface area contributed by atoms with Crippen LogP contribution in [0.25, 0.3) is 0 Å². The minimum absolute atomic E-state index is 0.270. The van der Waals surface area contributed by atoms with Crippen LogP contribution in [0, 0.1) is 6.92 Å². The van der Waals surface area contributed by atoms with Gasteiger partial charge in [0.1, 0.15) is 0 Å². The molecule has 0 unspecified atom stereocenters. The van der Waals surface area contributed by atoms with Gasteiger partial charge in [0.25, 0.3) is 0 Å². The van der Waals surface area contributed by atoms with Crippen molar-refractivity contribution in [3.8, 4) is 0 Å². The second-order valence-corrected chi connectivity index (χ2v) is 7.02. The first-order chi connectivity index (χ1) is 9.44. The number of nitrogen functional groups attached to an aromatic ring is 1. The molecular weight excluding hydrogens is 274 g/mol. The lowest BCUT2D eigenvalue weighted by molar-refractivity contribution is 0.282. The second-order valence-electron chi connectivity index (χ2n) is 5.28. The van der Waals surface area contributed by atoms with Gasteiger partial charge in [-0.05, 0) is 44.0 Å². The van der Waals surface area contributed by atoms with Crippen LogP contribution >= 0.6 is 0 Å². The Bertz CT molecular complexity index is 568. The summed E-state index contributed by atoms with van der Waals surface area (Å²) in [5, 5.41) is 0. The molecule has 0 saturated heterocycles. The van der Waals surface area contributed by atoms with Gasteiger partial charge < -0.3 is 5.73 Å². The van der Waals surface area contributed by atoms with Crippen LogP contribution in [0.3, 0.4) is 0 Å². The molecule has 0 radical (unpaired) electrons.